The van der Waals surface area contributed by atoms with Crippen LogP contribution in [0.5, 0.6) is 0 Å². The molecule has 1 aromatic heterocycles. The number of hydrogen-bond acceptors (Lipinski definition) is 6. The van der Waals surface area contributed by atoms with E-state index in [9.17, 15) is 14.9 Å². The Bertz CT molecular complexity index is 811. The Morgan fingerprint density at radius 1 is 1.44 bits per heavy atom. The number of para-hydroxylation sites is 2. The third-order valence-corrected chi connectivity index (χ3v) is 4.58. The topological polar surface area (TPSA) is 96.5 Å². The molecule has 0 bridgehead atoms. The lowest BCUT2D eigenvalue weighted by Gasteiger charge is -2.36. The second-order valence-electron chi connectivity index (χ2n) is 6.31. The highest BCUT2D eigenvalue weighted by Crippen LogP contribution is 2.27. The maximum atomic E-state index is 12.9. The van der Waals surface area contributed by atoms with Crippen molar-refractivity contribution in [1.82, 2.24) is 19.8 Å². The van der Waals surface area contributed by atoms with Crippen LogP contribution in [0.3, 0.4) is 0 Å². The summed E-state index contributed by atoms with van der Waals surface area (Å²) in [5.41, 5.74) is 0.415. The molecule has 1 atom stereocenters. The molecule has 0 aliphatic carbocycles. The Labute approximate surface area is 163 Å². The molecule has 1 aliphatic rings. The van der Waals surface area contributed by atoms with Crippen LogP contribution in [0.15, 0.2) is 36.7 Å². The molecule has 1 fully saturated rings. The molecule has 27 heavy (non-hydrogen) atoms. The lowest BCUT2D eigenvalue weighted by Crippen LogP contribution is -2.51. The molecule has 9 nitrogen and oxygen atoms in total. The number of nitrogens with zero attached hydrogens (tertiary/aromatic N) is 5. The molecular formula is C17H23ClN6O3. The van der Waals surface area contributed by atoms with Crippen molar-refractivity contribution in [1.29, 1.82) is 0 Å². The first kappa shape index (κ1) is 20.7. The van der Waals surface area contributed by atoms with Crippen LogP contribution in [0, 0.1) is 10.1 Å². The summed E-state index contributed by atoms with van der Waals surface area (Å²) in [6.07, 6.45) is 3.57. The highest BCUT2D eigenvalue weighted by atomic mass is 35.5. The summed E-state index contributed by atoms with van der Waals surface area (Å²) in [6, 6.07) is 6.28. The number of piperazine rings is 1. The average molecular weight is 395 g/mol. The Morgan fingerprint density at radius 2 is 2.19 bits per heavy atom. The van der Waals surface area contributed by atoms with Crippen molar-refractivity contribution in [3.05, 3.63) is 52.6 Å². The number of anilines is 1. The SMILES string of the molecule is CN(CC(=O)N1CCNCC1c1nccn1C)c1ccccc1[N+](=O)[O-].Cl. The van der Waals surface area contributed by atoms with Crippen LogP contribution in [0.25, 0.3) is 0 Å². The van der Waals surface area contributed by atoms with E-state index in [1.807, 2.05) is 17.8 Å². The summed E-state index contributed by atoms with van der Waals surface area (Å²) in [7, 11) is 3.59. The van der Waals surface area contributed by atoms with Gasteiger partial charge in [-0.15, -0.1) is 12.4 Å². The van der Waals surface area contributed by atoms with E-state index in [2.05, 4.69) is 10.3 Å². The molecule has 2 heterocycles. The van der Waals surface area contributed by atoms with Gasteiger partial charge in [0.05, 0.1) is 11.5 Å². The fraction of sp³-hybridized carbons (Fsp3) is 0.412. The number of nitrogens with one attached hydrogen (secondary N) is 1. The number of halogens is 1. The van der Waals surface area contributed by atoms with Crippen LogP contribution in [0.4, 0.5) is 11.4 Å². The highest BCUT2D eigenvalue weighted by Gasteiger charge is 2.31. The van der Waals surface area contributed by atoms with Crippen LogP contribution >= 0.6 is 12.4 Å². The average Bonchev–Trinajstić information content (AvgIpc) is 3.07. The van der Waals surface area contributed by atoms with Gasteiger partial charge in [-0.3, -0.25) is 14.9 Å². The van der Waals surface area contributed by atoms with Crippen molar-refractivity contribution < 1.29 is 9.72 Å². The van der Waals surface area contributed by atoms with Gasteiger partial charge in [-0.2, -0.15) is 0 Å². The van der Waals surface area contributed by atoms with E-state index in [-0.39, 0.29) is 36.6 Å². The molecule has 1 saturated heterocycles. The van der Waals surface area contributed by atoms with Crippen LogP contribution in [-0.2, 0) is 11.8 Å². The molecule has 146 valence electrons. The Kier molecular flexibility index (Phi) is 6.75. The van der Waals surface area contributed by atoms with Gasteiger partial charge in [0.2, 0.25) is 5.91 Å². The Balaban J connectivity index is 0.00000261. The van der Waals surface area contributed by atoms with Crippen molar-refractivity contribution in [3.63, 3.8) is 0 Å². The van der Waals surface area contributed by atoms with Crippen molar-refractivity contribution in [2.24, 2.45) is 7.05 Å². The van der Waals surface area contributed by atoms with E-state index in [0.29, 0.717) is 25.3 Å². The molecule has 1 N–H and O–H groups in total. The van der Waals surface area contributed by atoms with Gasteiger partial charge >= 0.3 is 0 Å². The largest absolute Gasteiger partial charge is 0.360 e. The second-order valence-corrected chi connectivity index (χ2v) is 6.31. The zero-order valence-electron chi connectivity index (χ0n) is 15.2. The normalized spacial score (nSPS) is 16.5. The zero-order chi connectivity index (χ0) is 18.7. The van der Waals surface area contributed by atoms with E-state index >= 15 is 0 Å². The van der Waals surface area contributed by atoms with E-state index in [0.717, 1.165) is 5.82 Å². The van der Waals surface area contributed by atoms with E-state index in [1.165, 1.54) is 6.07 Å². The van der Waals surface area contributed by atoms with Gasteiger partial charge in [-0.25, -0.2) is 4.98 Å². The monoisotopic (exact) mass is 394 g/mol. The van der Waals surface area contributed by atoms with Crippen LogP contribution in [-0.4, -0.2) is 58.5 Å². The van der Waals surface area contributed by atoms with Gasteiger partial charge in [0.15, 0.2) is 0 Å². The third-order valence-electron chi connectivity index (χ3n) is 4.58. The Hall–Kier alpha value is -2.65. The van der Waals surface area contributed by atoms with Gasteiger partial charge < -0.3 is 19.7 Å². The van der Waals surface area contributed by atoms with Gasteiger partial charge in [0.1, 0.15) is 17.6 Å². The molecular weight excluding hydrogens is 372 g/mol. The molecule has 1 amide bonds. The van der Waals surface area contributed by atoms with Gasteiger partial charge in [0, 0.05) is 52.2 Å². The van der Waals surface area contributed by atoms with Gasteiger partial charge in [-0.05, 0) is 6.07 Å². The third kappa shape index (κ3) is 4.37. The summed E-state index contributed by atoms with van der Waals surface area (Å²) >= 11 is 0. The number of carbonyl (C=O) groups is 1. The first-order valence-corrected chi connectivity index (χ1v) is 8.41. The molecule has 0 radical (unpaired) electrons. The first-order valence-electron chi connectivity index (χ1n) is 8.41. The quantitative estimate of drug-likeness (QED) is 0.607. The maximum Gasteiger partial charge on any atom is 0.292 e. The standard InChI is InChI=1S/C17H22N6O3.ClH/c1-20-9-8-19-17(20)15-11-18-7-10-22(15)16(24)12-21(2)13-5-3-4-6-14(13)23(25)26;/h3-6,8-9,15,18H,7,10-12H2,1-2H3;1H. The lowest BCUT2D eigenvalue weighted by molar-refractivity contribution is -0.384. The molecule has 10 heteroatoms. The smallest absolute Gasteiger partial charge is 0.292 e. The summed E-state index contributed by atoms with van der Waals surface area (Å²) in [5, 5.41) is 14.5. The highest BCUT2D eigenvalue weighted by molar-refractivity contribution is 5.85. The first-order chi connectivity index (χ1) is 12.5. The Morgan fingerprint density at radius 3 is 2.85 bits per heavy atom. The van der Waals surface area contributed by atoms with Crippen molar-refractivity contribution >= 4 is 29.7 Å². The number of benzene rings is 1. The molecule has 1 aromatic carbocycles. The minimum Gasteiger partial charge on any atom is -0.360 e. The number of aryl methyl sites for hydroxylation is 1. The predicted octanol–water partition coefficient (Wildman–Crippen LogP) is 1.36. The fourth-order valence-corrected chi connectivity index (χ4v) is 3.25. The number of aromatic nitrogens is 2. The summed E-state index contributed by atoms with van der Waals surface area (Å²) in [6.45, 7) is 1.97. The number of hydrogen-bond donors (Lipinski definition) is 1. The number of nitro benzene ring substituents is 1. The van der Waals surface area contributed by atoms with Crippen molar-refractivity contribution in [3.8, 4) is 0 Å². The molecule has 1 aliphatic heterocycles. The van der Waals surface area contributed by atoms with Crippen molar-refractivity contribution in [2.45, 2.75) is 6.04 Å². The lowest BCUT2D eigenvalue weighted by atomic mass is 10.1. The molecule has 3 rings (SSSR count). The van der Waals surface area contributed by atoms with Crippen LogP contribution < -0.4 is 10.2 Å². The summed E-state index contributed by atoms with van der Waals surface area (Å²) < 4.78 is 1.91. The number of imidazole rings is 1. The maximum absolute atomic E-state index is 12.9. The van der Waals surface area contributed by atoms with E-state index in [4.69, 9.17) is 0 Å². The predicted molar refractivity (Wildman–Crippen MR) is 104 cm³/mol. The van der Waals surface area contributed by atoms with Gasteiger partial charge in [0.25, 0.3) is 5.69 Å². The molecule has 0 saturated carbocycles. The minimum absolute atomic E-state index is 0. The number of nitro groups is 1. The van der Waals surface area contributed by atoms with Gasteiger partial charge in [-0.1, -0.05) is 12.1 Å². The van der Waals surface area contributed by atoms with Crippen molar-refractivity contribution in [2.75, 3.05) is 38.1 Å². The van der Waals surface area contributed by atoms with Crippen LogP contribution in [0.1, 0.15) is 11.9 Å². The van der Waals surface area contributed by atoms with E-state index in [1.54, 1.807) is 41.2 Å². The minimum atomic E-state index is -0.433. The fourth-order valence-electron chi connectivity index (χ4n) is 3.25. The molecule has 0 spiro atoms. The number of amides is 1. The number of carbonyl (C=O) groups excluding carboxylic acids is 1. The summed E-state index contributed by atoms with van der Waals surface area (Å²) in [4.78, 5) is 31.5. The molecule has 1 unspecified atom stereocenters. The molecule has 2 aromatic rings. The number of rotatable bonds is 5. The van der Waals surface area contributed by atoms with E-state index < -0.39 is 4.92 Å². The zero-order valence-corrected chi connectivity index (χ0v) is 16.1. The van der Waals surface area contributed by atoms with Crippen LogP contribution in [0.2, 0.25) is 0 Å². The summed E-state index contributed by atoms with van der Waals surface area (Å²) in [5.74, 6) is 0.735. The second kappa shape index (κ2) is 8.83. The number of likely N-dealkylation sites (N-methyl/N-ethyl adjacent to an activating group) is 1.